The van der Waals surface area contributed by atoms with Gasteiger partial charge in [-0.2, -0.15) is 0 Å². The minimum absolute atomic E-state index is 0.248. The quantitative estimate of drug-likeness (QED) is 0.339. The van der Waals surface area contributed by atoms with Gasteiger partial charge in [-0.15, -0.1) is 0 Å². The van der Waals surface area contributed by atoms with E-state index in [4.69, 9.17) is 4.42 Å². The zero-order chi connectivity index (χ0) is 22.5. The van der Waals surface area contributed by atoms with Crippen LogP contribution < -0.4 is 10.6 Å². The molecule has 1 aliphatic heterocycles. The highest BCUT2D eigenvalue weighted by Crippen LogP contribution is 2.22. The van der Waals surface area contributed by atoms with E-state index in [0.29, 0.717) is 48.3 Å². The van der Waals surface area contributed by atoms with Crippen molar-refractivity contribution in [1.29, 1.82) is 0 Å². The van der Waals surface area contributed by atoms with Gasteiger partial charge in [0.05, 0.1) is 17.7 Å². The molecule has 8 heteroatoms. The summed E-state index contributed by atoms with van der Waals surface area (Å²) >= 11 is 0. The van der Waals surface area contributed by atoms with Gasteiger partial charge in [0, 0.05) is 25.2 Å². The van der Waals surface area contributed by atoms with Gasteiger partial charge in [-0.25, -0.2) is 9.98 Å². The van der Waals surface area contributed by atoms with Gasteiger partial charge in [0.2, 0.25) is 5.89 Å². The molecule has 0 spiro atoms. The fourth-order valence-electron chi connectivity index (χ4n) is 3.44. The number of guanidine groups is 1. The Labute approximate surface area is 186 Å². The molecule has 2 amide bonds. The maximum atomic E-state index is 12.5. The van der Waals surface area contributed by atoms with Gasteiger partial charge in [-0.05, 0) is 38.1 Å². The third-order valence-electron chi connectivity index (χ3n) is 5.10. The zero-order valence-electron chi connectivity index (χ0n) is 18.1. The summed E-state index contributed by atoms with van der Waals surface area (Å²) in [4.78, 5) is 35.2. The fraction of sp³-hybridized carbons (Fsp3) is 0.250. The number of aliphatic imine (C=N–C) groups is 1. The Morgan fingerprint density at radius 1 is 1.03 bits per heavy atom. The van der Waals surface area contributed by atoms with Crippen molar-refractivity contribution in [3.05, 3.63) is 77.2 Å². The Morgan fingerprint density at radius 2 is 1.72 bits per heavy atom. The molecule has 8 nitrogen and oxygen atoms in total. The first-order chi connectivity index (χ1) is 15.6. The highest BCUT2D eigenvalue weighted by molar-refractivity contribution is 6.21. The van der Waals surface area contributed by atoms with Crippen molar-refractivity contribution in [2.24, 2.45) is 4.99 Å². The van der Waals surface area contributed by atoms with Crippen LogP contribution >= 0.6 is 0 Å². The van der Waals surface area contributed by atoms with Crippen molar-refractivity contribution in [2.75, 3.05) is 19.6 Å². The molecule has 0 bridgehead atoms. The van der Waals surface area contributed by atoms with Crippen molar-refractivity contribution < 1.29 is 14.0 Å². The number of nitrogens with one attached hydrogen (secondary N) is 2. The number of rotatable bonds is 7. The molecule has 0 fully saturated rings. The molecule has 164 valence electrons. The number of benzene rings is 2. The summed E-state index contributed by atoms with van der Waals surface area (Å²) < 4.78 is 5.58. The molecule has 0 saturated heterocycles. The Morgan fingerprint density at radius 3 is 2.38 bits per heavy atom. The summed E-state index contributed by atoms with van der Waals surface area (Å²) in [6, 6.07) is 14.8. The van der Waals surface area contributed by atoms with E-state index in [1.165, 1.54) is 10.5 Å². The first kappa shape index (κ1) is 21.3. The fourth-order valence-corrected chi connectivity index (χ4v) is 3.44. The second-order valence-electron chi connectivity index (χ2n) is 7.44. The van der Waals surface area contributed by atoms with Crippen molar-refractivity contribution in [3.8, 4) is 11.5 Å². The number of hydrogen-bond acceptors (Lipinski definition) is 5. The number of nitrogens with zero attached hydrogens (tertiary/aromatic N) is 3. The number of amides is 2. The van der Waals surface area contributed by atoms with Gasteiger partial charge in [0.15, 0.2) is 5.96 Å². The SMILES string of the molecule is CCNC(=NCc1coc(-c2ccc(C)cc2)n1)NCCN1C(=O)c2ccccc2C1=O. The first-order valence-electron chi connectivity index (χ1n) is 10.6. The molecule has 2 aromatic carbocycles. The van der Waals surface area contributed by atoms with Gasteiger partial charge < -0.3 is 15.1 Å². The molecule has 0 unspecified atom stereocenters. The molecule has 2 N–H and O–H groups in total. The number of hydrogen-bond donors (Lipinski definition) is 2. The van der Waals surface area contributed by atoms with Crippen LogP contribution in [0.2, 0.25) is 0 Å². The zero-order valence-corrected chi connectivity index (χ0v) is 18.1. The number of aromatic nitrogens is 1. The predicted molar refractivity (Wildman–Crippen MR) is 121 cm³/mol. The summed E-state index contributed by atoms with van der Waals surface area (Å²) in [6.45, 7) is 5.63. The minimum Gasteiger partial charge on any atom is -0.444 e. The van der Waals surface area contributed by atoms with Crippen LogP contribution in [-0.2, 0) is 6.54 Å². The predicted octanol–water partition coefficient (Wildman–Crippen LogP) is 3.00. The lowest BCUT2D eigenvalue weighted by molar-refractivity contribution is 0.0657. The maximum Gasteiger partial charge on any atom is 0.261 e. The molecule has 3 aromatic rings. The summed E-state index contributed by atoms with van der Waals surface area (Å²) in [7, 11) is 0. The normalized spacial score (nSPS) is 13.4. The lowest BCUT2D eigenvalue weighted by Crippen LogP contribution is -2.43. The molecule has 0 saturated carbocycles. The number of carbonyl (C=O) groups is 2. The number of oxazole rings is 1. The monoisotopic (exact) mass is 431 g/mol. The lowest BCUT2D eigenvalue weighted by atomic mass is 10.1. The highest BCUT2D eigenvalue weighted by Gasteiger charge is 2.34. The molecule has 1 aromatic heterocycles. The summed E-state index contributed by atoms with van der Waals surface area (Å²) in [5, 5.41) is 6.32. The van der Waals surface area contributed by atoms with Gasteiger partial charge in [0.1, 0.15) is 12.0 Å². The molecule has 0 aliphatic carbocycles. The number of fused-ring (bicyclic) bond motifs is 1. The van der Waals surface area contributed by atoms with Crippen LogP contribution in [0.25, 0.3) is 11.5 Å². The average molecular weight is 431 g/mol. The third kappa shape index (κ3) is 4.54. The van der Waals surface area contributed by atoms with E-state index in [1.54, 1.807) is 30.5 Å². The van der Waals surface area contributed by atoms with Gasteiger partial charge in [0.25, 0.3) is 11.8 Å². The Balaban J connectivity index is 1.35. The summed E-state index contributed by atoms with van der Waals surface area (Å²) in [5.41, 5.74) is 3.70. The van der Waals surface area contributed by atoms with Crippen LogP contribution in [0, 0.1) is 6.92 Å². The maximum absolute atomic E-state index is 12.5. The van der Waals surface area contributed by atoms with Crippen LogP contribution in [0.1, 0.15) is 38.9 Å². The van der Waals surface area contributed by atoms with Crippen LogP contribution in [0.15, 0.2) is 64.2 Å². The van der Waals surface area contributed by atoms with E-state index in [0.717, 1.165) is 5.56 Å². The Bertz CT molecular complexity index is 1120. The topological polar surface area (TPSA) is 99.8 Å². The minimum atomic E-state index is -0.263. The molecule has 0 atom stereocenters. The van der Waals surface area contributed by atoms with E-state index in [-0.39, 0.29) is 18.4 Å². The van der Waals surface area contributed by atoms with E-state index in [2.05, 4.69) is 20.6 Å². The molecular weight excluding hydrogens is 406 g/mol. The molecule has 32 heavy (non-hydrogen) atoms. The van der Waals surface area contributed by atoms with E-state index in [9.17, 15) is 9.59 Å². The van der Waals surface area contributed by atoms with Crippen molar-refractivity contribution >= 4 is 17.8 Å². The number of aryl methyl sites for hydroxylation is 1. The highest BCUT2D eigenvalue weighted by atomic mass is 16.3. The standard InChI is InChI=1S/C24H25N5O3/c1-3-25-24(26-12-13-29-22(30)19-6-4-5-7-20(19)23(29)31)27-14-18-15-32-21(28-18)17-10-8-16(2)9-11-17/h4-11,15H,3,12-14H2,1-2H3,(H2,25,26,27). The molecular formula is C24H25N5O3. The van der Waals surface area contributed by atoms with Gasteiger partial charge in [-0.1, -0.05) is 29.8 Å². The van der Waals surface area contributed by atoms with Gasteiger partial charge in [-0.3, -0.25) is 14.5 Å². The summed E-state index contributed by atoms with van der Waals surface area (Å²) in [5.74, 6) is 0.601. The van der Waals surface area contributed by atoms with Crippen LogP contribution in [0.3, 0.4) is 0 Å². The van der Waals surface area contributed by atoms with Crippen molar-refractivity contribution in [1.82, 2.24) is 20.5 Å². The third-order valence-corrected chi connectivity index (χ3v) is 5.10. The Hall–Kier alpha value is -3.94. The molecule has 1 aliphatic rings. The van der Waals surface area contributed by atoms with Crippen molar-refractivity contribution in [2.45, 2.75) is 20.4 Å². The second-order valence-corrected chi connectivity index (χ2v) is 7.44. The molecule has 2 heterocycles. The van der Waals surface area contributed by atoms with Crippen LogP contribution in [0.4, 0.5) is 0 Å². The average Bonchev–Trinajstić information content (AvgIpc) is 3.37. The second kappa shape index (κ2) is 9.47. The number of imide groups is 1. The van der Waals surface area contributed by atoms with Crippen molar-refractivity contribution in [3.63, 3.8) is 0 Å². The van der Waals surface area contributed by atoms with E-state index >= 15 is 0 Å². The number of carbonyl (C=O) groups excluding carboxylic acids is 2. The molecule has 4 rings (SSSR count). The Kier molecular flexibility index (Phi) is 6.30. The smallest absolute Gasteiger partial charge is 0.261 e. The van der Waals surface area contributed by atoms with Crippen LogP contribution in [-0.4, -0.2) is 47.3 Å². The molecule has 0 radical (unpaired) electrons. The van der Waals surface area contributed by atoms with Crippen LogP contribution in [0.5, 0.6) is 0 Å². The summed E-state index contributed by atoms with van der Waals surface area (Å²) in [6.07, 6.45) is 1.60. The van der Waals surface area contributed by atoms with E-state index < -0.39 is 0 Å². The largest absolute Gasteiger partial charge is 0.444 e. The lowest BCUT2D eigenvalue weighted by Gasteiger charge is -2.16. The van der Waals surface area contributed by atoms with E-state index in [1.807, 2.05) is 38.1 Å². The first-order valence-corrected chi connectivity index (χ1v) is 10.6. The van der Waals surface area contributed by atoms with Gasteiger partial charge >= 0.3 is 0 Å².